The molecular formula is C19H18N2O3. The van der Waals surface area contributed by atoms with Crippen molar-refractivity contribution in [3.05, 3.63) is 65.9 Å². The normalized spacial score (nSPS) is 10.5. The monoisotopic (exact) mass is 322 g/mol. The lowest BCUT2D eigenvalue weighted by Gasteiger charge is -2.05. The molecule has 0 unspecified atom stereocenters. The van der Waals surface area contributed by atoms with Gasteiger partial charge >= 0.3 is 0 Å². The van der Waals surface area contributed by atoms with Crippen LogP contribution in [0.1, 0.15) is 15.9 Å². The molecule has 0 atom stereocenters. The molecule has 3 aromatic rings. The molecular weight excluding hydrogens is 304 g/mol. The molecule has 3 rings (SSSR count). The highest BCUT2D eigenvalue weighted by Gasteiger charge is 2.19. The average molecular weight is 322 g/mol. The van der Waals surface area contributed by atoms with Crippen molar-refractivity contribution < 1.29 is 14.3 Å². The number of aromatic amines is 1. The van der Waals surface area contributed by atoms with Crippen molar-refractivity contribution in [2.75, 3.05) is 13.7 Å². The predicted octanol–water partition coefficient (Wildman–Crippen LogP) is 2.72. The van der Waals surface area contributed by atoms with Gasteiger partial charge in [-0.05, 0) is 30.2 Å². The Balaban J connectivity index is 1.59. The second kappa shape index (κ2) is 7.00. The molecule has 122 valence electrons. The third kappa shape index (κ3) is 3.30. The molecule has 0 aliphatic heterocycles. The fraction of sp³-hybridized carbons (Fsp3) is 0.158. The summed E-state index contributed by atoms with van der Waals surface area (Å²) in [5, 5.41) is 3.44. The zero-order chi connectivity index (χ0) is 16.9. The van der Waals surface area contributed by atoms with Crippen LogP contribution in [0.4, 0.5) is 0 Å². The SMILES string of the molecule is COc1ccc(CCNC(=O)C(=O)c2c[nH]c3ccccc23)cc1. The van der Waals surface area contributed by atoms with Crippen molar-refractivity contribution >= 4 is 22.6 Å². The van der Waals surface area contributed by atoms with E-state index >= 15 is 0 Å². The largest absolute Gasteiger partial charge is 0.497 e. The van der Waals surface area contributed by atoms with E-state index in [-0.39, 0.29) is 0 Å². The zero-order valence-corrected chi connectivity index (χ0v) is 13.3. The average Bonchev–Trinajstić information content (AvgIpc) is 3.05. The lowest BCUT2D eigenvalue weighted by atomic mass is 10.1. The summed E-state index contributed by atoms with van der Waals surface area (Å²) in [4.78, 5) is 27.4. The highest BCUT2D eigenvalue weighted by Crippen LogP contribution is 2.18. The van der Waals surface area contributed by atoms with Gasteiger partial charge in [-0.15, -0.1) is 0 Å². The van der Waals surface area contributed by atoms with Crippen molar-refractivity contribution in [3.63, 3.8) is 0 Å². The van der Waals surface area contributed by atoms with Crippen LogP contribution in [0.5, 0.6) is 5.75 Å². The molecule has 0 bridgehead atoms. The number of ether oxygens (including phenoxy) is 1. The predicted molar refractivity (Wildman–Crippen MR) is 92.3 cm³/mol. The Kier molecular flexibility index (Phi) is 4.61. The summed E-state index contributed by atoms with van der Waals surface area (Å²) < 4.78 is 5.10. The Morgan fingerprint density at radius 2 is 1.83 bits per heavy atom. The van der Waals surface area contributed by atoms with Gasteiger partial charge in [-0.1, -0.05) is 30.3 Å². The van der Waals surface area contributed by atoms with Crippen molar-refractivity contribution in [3.8, 4) is 5.75 Å². The molecule has 1 aromatic heterocycles. The number of amides is 1. The first-order valence-corrected chi connectivity index (χ1v) is 7.70. The summed E-state index contributed by atoms with van der Waals surface area (Å²) in [6.45, 7) is 0.402. The van der Waals surface area contributed by atoms with E-state index in [0.29, 0.717) is 18.5 Å². The van der Waals surface area contributed by atoms with E-state index in [4.69, 9.17) is 4.74 Å². The smallest absolute Gasteiger partial charge is 0.292 e. The van der Waals surface area contributed by atoms with E-state index in [0.717, 1.165) is 22.2 Å². The number of nitrogens with one attached hydrogen (secondary N) is 2. The topological polar surface area (TPSA) is 71.2 Å². The third-order valence-electron chi connectivity index (χ3n) is 3.90. The molecule has 0 spiro atoms. The first kappa shape index (κ1) is 15.8. The van der Waals surface area contributed by atoms with E-state index < -0.39 is 11.7 Å². The van der Waals surface area contributed by atoms with Crippen LogP contribution in [0, 0.1) is 0 Å². The molecule has 5 heteroatoms. The number of Topliss-reactive ketones (excluding diaryl/α,β-unsaturated/α-hetero) is 1. The summed E-state index contributed by atoms with van der Waals surface area (Å²) >= 11 is 0. The van der Waals surface area contributed by atoms with Gasteiger partial charge in [0.2, 0.25) is 0 Å². The Bertz CT molecular complexity index is 866. The Hall–Kier alpha value is -3.08. The minimum Gasteiger partial charge on any atom is -0.497 e. The summed E-state index contributed by atoms with van der Waals surface area (Å²) in [6.07, 6.45) is 2.23. The maximum Gasteiger partial charge on any atom is 0.292 e. The quantitative estimate of drug-likeness (QED) is 0.541. The number of fused-ring (bicyclic) bond motifs is 1. The Morgan fingerprint density at radius 1 is 1.08 bits per heavy atom. The Morgan fingerprint density at radius 3 is 2.58 bits per heavy atom. The number of aromatic nitrogens is 1. The number of rotatable bonds is 6. The molecule has 2 aromatic carbocycles. The van der Waals surface area contributed by atoms with E-state index in [9.17, 15) is 9.59 Å². The summed E-state index contributed by atoms with van der Waals surface area (Å²) in [6, 6.07) is 15.0. The summed E-state index contributed by atoms with van der Waals surface area (Å²) in [5.74, 6) is -0.326. The number of methoxy groups -OCH3 is 1. The molecule has 24 heavy (non-hydrogen) atoms. The second-order valence-corrected chi connectivity index (χ2v) is 5.43. The molecule has 0 saturated carbocycles. The van der Waals surface area contributed by atoms with Crippen LogP contribution in [0.25, 0.3) is 10.9 Å². The molecule has 0 fully saturated rings. The lowest BCUT2D eigenvalue weighted by molar-refractivity contribution is -0.116. The zero-order valence-electron chi connectivity index (χ0n) is 13.3. The fourth-order valence-electron chi connectivity index (χ4n) is 2.57. The number of carbonyl (C=O) groups is 2. The first-order chi connectivity index (χ1) is 11.7. The number of ketones is 1. The maximum atomic E-state index is 12.3. The molecule has 0 radical (unpaired) electrons. The van der Waals surface area contributed by atoms with Crippen LogP contribution < -0.4 is 10.1 Å². The minimum atomic E-state index is -0.590. The number of hydrogen-bond acceptors (Lipinski definition) is 3. The van der Waals surface area contributed by atoms with Crippen molar-refractivity contribution in [2.24, 2.45) is 0 Å². The van der Waals surface area contributed by atoms with Gasteiger partial charge in [0.1, 0.15) is 5.75 Å². The van der Waals surface area contributed by atoms with Gasteiger partial charge in [-0.2, -0.15) is 0 Å². The van der Waals surface area contributed by atoms with Gasteiger partial charge in [0.25, 0.3) is 11.7 Å². The van der Waals surface area contributed by atoms with Crippen molar-refractivity contribution in [1.29, 1.82) is 0 Å². The van der Waals surface area contributed by atoms with Crippen LogP contribution in [0.15, 0.2) is 54.7 Å². The number of H-pyrrole nitrogens is 1. The standard InChI is InChI=1S/C19H18N2O3/c1-24-14-8-6-13(7-9-14)10-11-20-19(23)18(22)16-12-21-17-5-3-2-4-15(16)17/h2-9,12,21H,10-11H2,1H3,(H,20,23). The van der Waals surface area contributed by atoms with E-state index in [2.05, 4.69) is 10.3 Å². The highest BCUT2D eigenvalue weighted by molar-refractivity contribution is 6.44. The maximum absolute atomic E-state index is 12.3. The van der Waals surface area contributed by atoms with Crippen LogP contribution in [-0.2, 0) is 11.2 Å². The molecule has 0 saturated heterocycles. The number of para-hydroxylation sites is 1. The van der Waals surface area contributed by atoms with Crippen molar-refractivity contribution in [1.82, 2.24) is 10.3 Å². The fourth-order valence-corrected chi connectivity index (χ4v) is 2.57. The molecule has 1 amide bonds. The molecule has 1 heterocycles. The summed E-state index contributed by atoms with van der Waals surface area (Å²) in [7, 11) is 1.62. The molecule has 2 N–H and O–H groups in total. The van der Waals surface area contributed by atoms with Crippen LogP contribution in [0.3, 0.4) is 0 Å². The van der Waals surface area contributed by atoms with Crippen LogP contribution in [0.2, 0.25) is 0 Å². The second-order valence-electron chi connectivity index (χ2n) is 5.43. The van der Waals surface area contributed by atoms with E-state index in [1.165, 1.54) is 0 Å². The first-order valence-electron chi connectivity index (χ1n) is 7.70. The van der Waals surface area contributed by atoms with Gasteiger partial charge in [-0.25, -0.2) is 0 Å². The van der Waals surface area contributed by atoms with Gasteiger partial charge in [-0.3, -0.25) is 9.59 Å². The molecule has 0 aliphatic rings. The number of carbonyl (C=O) groups excluding carboxylic acids is 2. The van der Waals surface area contributed by atoms with Gasteiger partial charge < -0.3 is 15.0 Å². The Labute approximate surface area is 139 Å². The minimum absolute atomic E-state index is 0.396. The van der Waals surface area contributed by atoms with Crippen molar-refractivity contribution in [2.45, 2.75) is 6.42 Å². The van der Waals surface area contributed by atoms with Gasteiger partial charge in [0, 0.05) is 23.6 Å². The van der Waals surface area contributed by atoms with Crippen LogP contribution in [-0.4, -0.2) is 30.3 Å². The molecule has 5 nitrogen and oxygen atoms in total. The third-order valence-corrected chi connectivity index (χ3v) is 3.90. The van der Waals surface area contributed by atoms with Gasteiger partial charge in [0.15, 0.2) is 0 Å². The van der Waals surface area contributed by atoms with Crippen LogP contribution >= 0.6 is 0 Å². The van der Waals surface area contributed by atoms with E-state index in [1.807, 2.05) is 48.5 Å². The molecule has 0 aliphatic carbocycles. The lowest BCUT2D eigenvalue weighted by Crippen LogP contribution is -2.32. The number of hydrogen-bond donors (Lipinski definition) is 2. The number of benzene rings is 2. The summed E-state index contributed by atoms with van der Waals surface area (Å²) in [5.41, 5.74) is 2.30. The van der Waals surface area contributed by atoms with E-state index in [1.54, 1.807) is 13.3 Å². The van der Waals surface area contributed by atoms with Gasteiger partial charge in [0.05, 0.1) is 12.7 Å². The highest BCUT2D eigenvalue weighted by atomic mass is 16.5.